The lowest BCUT2D eigenvalue weighted by Crippen LogP contribution is -2.46. The maximum absolute atomic E-state index is 13.5. The van der Waals surface area contributed by atoms with E-state index in [0.717, 1.165) is 42.0 Å². The molecule has 0 bridgehead atoms. The summed E-state index contributed by atoms with van der Waals surface area (Å²) < 4.78 is 12.4. The van der Waals surface area contributed by atoms with Gasteiger partial charge in [0.2, 0.25) is 5.43 Å². The van der Waals surface area contributed by atoms with Gasteiger partial charge in [-0.3, -0.25) is 9.69 Å². The number of hydrogen-bond donors (Lipinski definition) is 1. The molecule has 0 radical (unpaired) electrons. The number of phenolic OH excluding ortho intramolecular Hbond substituents is 1. The zero-order valence-corrected chi connectivity index (χ0v) is 21.3. The van der Waals surface area contributed by atoms with Crippen LogP contribution in [0.4, 0.5) is 5.69 Å². The van der Waals surface area contributed by atoms with Crippen LogP contribution < -0.4 is 15.1 Å². The molecule has 180 valence electrons. The Morgan fingerprint density at radius 2 is 1.66 bits per heavy atom. The molecule has 0 atom stereocenters. The van der Waals surface area contributed by atoms with Gasteiger partial charge in [0.15, 0.2) is 0 Å². The Balaban J connectivity index is 1.40. The average molecular weight is 535 g/mol. The van der Waals surface area contributed by atoms with Gasteiger partial charge in [0.05, 0.1) is 23.6 Å². The fourth-order valence-electron chi connectivity index (χ4n) is 4.70. The van der Waals surface area contributed by atoms with Crippen molar-refractivity contribution in [1.82, 2.24) is 4.90 Å². The van der Waals surface area contributed by atoms with Crippen LogP contribution in [0.15, 0.2) is 74.3 Å². The summed E-state index contributed by atoms with van der Waals surface area (Å²) in [6.45, 7) is 5.73. The van der Waals surface area contributed by atoms with Gasteiger partial charge in [-0.1, -0.05) is 28.1 Å². The van der Waals surface area contributed by atoms with Crippen LogP contribution in [-0.2, 0) is 6.54 Å². The zero-order valence-electron chi connectivity index (χ0n) is 19.8. The standard InChI is InChI=1S/C28H27BrN2O4/c1-18-26(19-3-5-20(29)6-4-19)27(33)23-11-12-25(32)24(28(23)35-18)17-30-13-15-31(16-14-30)21-7-9-22(34-2)10-8-21/h3-12,32H,13-17H2,1-2H3. The Labute approximate surface area is 212 Å². The molecular weight excluding hydrogens is 508 g/mol. The quantitative estimate of drug-likeness (QED) is 0.361. The van der Waals surface area contributed by atoms with Crippen LogP contribution in [0.3, 0.4) is 0 Å². The SMILES string of the molecule is COc1ccc(N2CCN(Cc3c(O)ccc4c(=O)c(-c5ccc(Br)cc5)c(C)oc34)CC2)cc1. The van der Waals surface area contributed by atoms with E-state index in [0.29, 0.717) is 34.4 Å². The highest BCUT2D eigenvalue weighted by atomic mass is 79.9. The van der Waals surface area contributed by atoms with Gasteiger partial charge in [-0.15, -0.1) is 0 Å². The van der Waals surface area contributed by atoms with E-state index in [9.17, 15) is 9.90 Å². The molecule has 2 heterocycles. The third-order valence-electron chi connectivity index (χ3n) is 6.64. The Kier molecular flexibility index (Phi) is 6.54. The van der Waals surface area contributed by atoms with Crippen molar-refractivity contribution in [2.24, 2.45) is 0 Å². The minimum Gasteiger partial charge on any atom is -0.507 e. The molecule has 1 saturated heterocycles. The third-order valence-corrected chi connectivity index (χ3v) is 7.17. The number of rotatable bonds is 5. The number of methoxy groups -OCH3 is 1. The number of phenols is 1. The van der Waals surface area contributed by atoms with E-state index in [4.69, 9.17) is 9.15 Å². The number of anilines is 1. The van der Waals surface area contributed by atoms with E-state index in [1.807, 2.05) is 36.4 Å². The van der Waals surface area contributed by atoms with Crippen LogP contribution in [0.1, 0.15) is 11.3 Å². The summed E-state index contributed by atoms with van der Waals surface area (Å²) in [4.78, 5) is 18.1. The van der Waals surface area contributed by atoms with Crippen molar-refractivity contribution in [3.8, 4) is 22.6 Å². The average Bonchev–Trinajstić information content (AvgIpc) is 2.87. The number of aryl methyl sites for hydroxylation is 1. The minimum absolute atomic E-state index is 0.0864. The van der Waals surface area contributed by atoms with E-state index in [-0.39, 0.29) is 11.2 Å². The van der Waals surface area contributed by atoms with E-state index in [2.05, 4.69) is 37.9 Å². The molecule has 1 aromatic heterocycles. The molecule has 1 aliphatic heterocycles. The summed E-state index contributed by atoms with van der Waals surface area (Å²) in [6, 6.07) is 19.0. The molecule has 0 unspecified atom stereocenters. The predicted molar refractivity (Wildman–Crippen MR) is 143 cm³/mol. The Hall–Kier alpha value is -3.29. The molecule has 1 fully saturated rings. The summed E-state index contributed by atoms with van der Waals surface area (Å²) in [5.74, 6) is 1.54. The lowest BCUT2D eigenvalue weighted by Gasteiger charge is -2.36. The first-order valence-electron chi connectivity index (χ1n) is 11.6. The van der Waals surface area contributed by atoms with E-state index in [1.54, 1.807) is 26.2 Å². The number of hydrogen-bond acceptors (Lipinski definition) is 6. The molecule has 0 amide bonds. The molecule has 6 nitrogen and oxygen atoms in total. The van der Waals surface area contributed by atoms with Gasteiger partial charge in [-0.25, -0.2) is 0 Å². The highest BCUT2D eigenvalue weighted by molar-refractivity contribution is 9.10. The van der Waals surface area contributed by atoms with Crippen molar-refractivity contribution in [2.45, 2.75) is 13.5 Å². The summed E-state index contributed by atoms with van der Waals surface area (Å²) in [6.07, 6.45) is 0. The Bertz CT molecular complexity index is 1410. The number of fused-ring (bicyclic) bond motifs is 1. The number of ether oxygens (including phenoxy) is 1. The van der Waals surface area contributed by atoms with Crippen molar-refractivity contribution in [1.29, 1.82) is 0 Å². The van der Waals surface area contributed by atoms with Crippen molar-refractivity contribution in [3.63, 3.8) is 0 Å². The normalized spacial score (nSPS) is 14.4. The van der Waals surface area contributed by atoms with E-state index >= 15 is 0 Å². The largest absolute Gasteiger partial charge is 0.507 e. The minimum atomic E-state index is -0.0864. The first-order valence-corrected chi connectivity index (χ1v) is 12.4. The summed E-state index contributed by atoms with van der Waals surface area (Å²) in [5, 5.41) is 11.2. The maximum Gasteiger partial charge on any atom is 0.200 e. The van der Waals surface area contributed by atoms with E-state index in [1.165, 1.54) is 5.69 Å². The van der Waals surface area contributed by atoms with Crippen LogP contribution in [0.5, 0.6) is 11.5 Å². The number of piperazine rings is 1. The monoisotopic (exact) mass is 534 g/mol. The topological polar surface area (TPSA) is 66.2 Å². The van der Waals surface area contributed by atoms with Crippen molar-refractivity contribution < 1.29 is 14.3 Å². The first-order chi connectivity index (χ1) is 16.9. The number of nitrogens with zero attached hydrogens (tertiary/aromatic N) is 2. The van der Waals surface area contributed by atoms with Gasteiger partial charge in [0, 0.05) is 42.9 Å². The Morgan fingerprint density at radius 1 is 0.971 bits per heavy atom. The molecule has 0 spiro atoms. The van der Waals surface area contributed by atoms with Gasteiger partial charge in [-0.05, 0) is 61.0 Å². The van der Waals surface area contributed by atoms with Crippen molar-refractivity contribution >= 4 is 32.6 Å². The van der Waals surface area contributed by atoms with Crippen LogP contribution in [-0.4, -0.2) is 43.3 Å². The van der Waals surface area contributed by atoms with Crippen molar-refractivity contribution in [3.05, 3.63) is 86.7 Å². The molecule has 4 aromatic rings. The molecule has 1 N–H and O–H groups in total. The summed E-state index contributed by atoms with van der Waals surface area (Å²) in [7, 11) is 1.67. The molecule has 0 saturated carbocycles. The van der Waals surface area contributed by atoms with Gasteiger partial charge >= 0.3 is 0 Å². The van der Waals surface area contributed by atoms with Crippen LogP contribution in [0, 0.1) is 6.92 Å². The molecule has 3 aromatic carbocycles. The lowest BCUT2D eigenvalue weighted by molar-refractivity contribution is 0.246. The fraction of sp³-hybridized carbons (Fsp3) is 0.250. The highest BCUT2D eigenvalue weighted by Gasteiger charge is 2.22. The van der Waals surface area contributed by atoms with Crippen LogP contribution >= 0.6 is 15.9 Å². The van der Waals surface area contributed by atoms with Crippen LogP contribution in [0.25, 0.3) is 22.1 Å². The molecule has 35 heavy (non-hydrogen) atoms. The smallest absolute Gasteiger partial charge is 0.200 e. The number of halogens is 1. The molecule has 1 aliphatic rings. The Morgan fingerprint density at radius 3 is 2.31 bits per heavy atom. The first kappa shape index (κ1) is 23.5. The van der Waals surface area contributed by atoms with Gasteiger partial charge in [0.25, 0.3) is 0 Å². The lowest BCUT2D eigenvalue weighted by atomic mass is 10.0. The third kappa shape index (κ3) is 4.66. The second-order valence-corrected chi connectivity index (χ2v) is 9.69. The number of aromatic hydroxyl groups is 1. The number of benzene rings is 3. The molecule has 0 aliphatic carbocycles. The molecule has 7 heteroatoms. The molecule has 5 rings (SSSR count). The zero-order chi connectivity index (χ0) is 24.5. The fourth-order valence-corrected chi connectivity index (χ4v) is 4.96. The summed E-state index contributed by atoms with van der Waals surface area (Å²) in [5.41, 5.74) is 3.56. The second-order valence-electron chi connectivity index (χ2n) is 8.77. The van der Waals surface area contributed by atoms with Crippen LogP contribution in [0.2, 0.25) is 0 Å². The van der Waals surface area contributed by atoms with Gasteiger partial charge in [0.1, 0.15) is 22.8 Å². The highest BCUT2D eigenvalue weighted by Crippen LogP contribution is 2.32. The maximum atomic E-state index is 13.5. The molecular formula is C28H27BrN2O4. The van der Waals surface area contributed by atoms with Gasteiger partial charge in [-0.2, -0.15) is 0 Å². The van der Waals surface area contributed by atoms with Crippen molar-refractivity contribution in [2.75, 3.05) is 38.2 Å². The van der Waals surface area contributed by atoms with Gasteiger partial charge < -0.3 is 19.2 Å². The van der Waals surface area contributed by atoms with E-state index < -0.39 is 0 Å². The predicted octanol–water partition coefficient (Wildman–Crippen LogP) is 5.57. The second kappa shape index (κ2) is 9.76. The summed E-state index contributed by atoms with van der Waals surface area (Å²) >= 11 is 3.44.